The first-order chi connectivity index (χ1) is 12.7. The smallest absolute Gasteiger partial charge is 0.446 e. The zero-order chi connectivity index (χ0) is 19.6. The van der Waals surface area contributed by atoms with Gasteiger partial charge in [-0.05, 0) is 36.4 Å². The molecule has 3 aromatic rings. The fourth-order valence-corrected chi connectivity index (χ4v) is 2.94. The number of carbonyl (C=O) groups is 1. The molecule has 0 spiro atoms. The number of hydrogen-bond donors (Lipinski definition) is 2. The summed E-state index contributed by atoms with van der Waals surface area (Å²) in [5.74, 6) is -1.07. The number of aliphatic carboxylic acids is 1. The molecule has 140 valence electrons. The second-order valence-corrected chi connectivity index (χ2v) is 6.99. The number of hydrogen-bond acceptors (Lipinski definition) is 5. The molecule has 0 aliphatic heterocycles. The Kier molecular flexibility index (Phi) is 5.17. The summed E-state index contributed by atoms with van der Waals surface area (Å²) in [5, 5.41) is 14.1. The Hall–Kier alpha value is -2.88. The van der Waals surface area contributed by atoms with Crippen LogP contribution in [-0.4, -0.2) is 33.8 Å². The van der Waals surface area contributed by atoms with Gasteiger partial charge in [0.25, 0.3) is 0 Å². The monoisotopic (exact) mass is 408 g/mol. The van der Waals surface area contributed by atoms with Crippen molar-refractivity contribution < 1.29 is 27.1 Å². The maximum absolute atomic E-state index is 11.2. The molecule has 0 amide bonds. The first kappa shape index (κ1) is 18.9. The van der Waals surface area contributed by atoms with Gasteiger partial charge < -0.3 is 9.29 Å². The molecule has 0 unspecified atom stereocenters. The molecule has 27 heavy (non-hydrogen) atoms. The Balaban J connectivity index is 1.98. The molecular weight excluding hydrogens is 396 g/mol. The van der Waals surface area contributed by atoms with E-state index < -0.39 is 16.4 Å². The number of nitrogens with zero attached hydrogens (tertiary/aromatic N) is 2. The Morgan fingerprint density at radius 3 is 2.30 bits per heavy atom. The van der Waals surface area contributed by atoms with Crippen molar-refractivity contribution in [3.63, 3.8) is 0 Å². The molecule has 0 radical (unpaired) electrons. The number of carboxylic acids is 1. The highest BCUT2D eigenvalue weighted by Crippen LogP contribution is 2.26. The van der Waals surface area contributed by atoms with E-state index in [0.717, 1.165) is 0 Å². The van der Waals surface area contributed by atoms with Crippen molar-refractivity contribution in [2.24, 2.45) is 0 Å². The van der Waals surface area contributed by atoms with Gasteiger partial charge >= 0.3 is 16.4 Å². The fourth-order valence-electron chi connectivity index (χ4n) is 2.46. The van der Waals surface area contributed by atoms with Gasteiger partial charge in [-0.25, -0.2) is 4.68 Å². The largest absolute Gasteiger partial charge is 0.481 e. The zero-order valence-corrected chi connectivity index (χ0v) is 15.2. The van der Waals surface area contributed by atoms with E-state index in [1.165, 1.54) is 28.9 Å². The lowest BCUT2D eigenvalue weighted by molar-refractivity contribution is -0.136. The van der Waals surface area contributed by atoms with Gasteiger partial charge in [0.05, 0.1) is 17.8 Å². The van der Waals surface area contributed by atoms with Crippen LogP contribution < -0.4 is 4.18 Å². The Morgan fingerprint density at radius 2 is 1.74 bits per heavy atom. The summed E-state index contributed by atoms with van der Waals surface area (Å²) in [6, 6.07) is 12.6. The summed E-state index contributed by atoms with van der Waals surface area (Å²) in [7, 11) is -4.61. The van der Waals surface area contributed by atoms with Crippen molar-refractivity contribution in [1.29, 1.82) is 0 Å². The molecule has 0 saturated heterocycles. The standard InChI is InChI=1S/C17H13ClN2O6S/c18-13-3-1-11(2-4-13)17-12(9-16(21)22)10-20(19-17)14-5-7-15(8-6-14)26-27(23,24)25/h1-8,10H,9H2,(H,21,22)(H,23,24,25). The zero-order valence-electron chi connectivity index (χ0n) is 13.6. The number of aromatic nitrogens is 2. The van der Waals surface area contributed by atoms with E-state index in [2.05, 4.69) is 9.28 Å². The molecule has 2 aromatic carbocycles. The highest BCUT2D eigenvalue weighted by Gasteiger charge is 2.15. The number of rotatable bonds is 6. The van der Waals surface area contributed by atoms with E-state index in [1.54, 1.807) is 30.5 Å². The molecular formula is C17H13ClN2O6S. The molecule has 0 atom stereocenters. The first-order valence-corrected chi connectivity index (χ1v) is 9.29. The molecule has 10 heteroatoms. The second kappa shape index (κ2) is 7.39. The van der Waals surface area contributed by atoms with Crippen LogP contribution in [0.2, 0.25) is 5.02 Å². The van der Waals surface area contributed by atoms with Crippen molar-refractivity contribution >= 4 is 28.0 Å². The summed E-state index contributed by atoms with van der Waals surface area (Å²) in [6.07, 6.45) is 1.36. The minimum absolute atomic E-state index is 0.0721. The van der Waals surface area contributed by atoms with E-state index >= 15 is 0 Å². The molecule has 2 N–H and O–H groups in total. The van der Waals surface area contributed by atoms with Gasteiger partial charge in [0.1, 0.15) is 5.75 Å². The molecule has 8 nitrogen and oxygen atoms in total. The van der Waals surface area contributed by atoms with Crippen LogP contribution in [0.3, 0.4) is 0 Å². The van der Waals surface area contributed by atoms with Gasteiger partial charge in [0.2, 0.25) is 0 Å². The summed E-state index contributed by atoms with van der Waals surface area (Å²) in [4.78, 5) is 11.2. The van der Waals surface area contributed by atoms with Gasteiger partial charge in [-0.2, -0.15) is 13.5 Å². The van der Waals surface area contributed by atoms with Crippen LogP contribution in [0, 0.1) is 0 Å². The molecule has 1 aromatic heterocycles. The highest BCUT2D eigenvalue weighted by molar-refractivity contribution is 7.81. The van der Waals surface area contributed by atoms with Gasteiger partial charge in [0, 0.05) is 22.3 Å². The Bertz CT molecular complexity index is 1080. The van der Waals surface area contributed by atoms with E-state index in [0.29, 0.717) is 27.5 Å². The summed E-state index contributed by atoms with van der Waals surface area (Å²) in [5.41, 5.74) is 2.25. The average molecular weight is 409 g/mol. The van der Waals surface area contributed by atoms with Crippen LogP contribution in [0.25, 0.3) is 16.9 Å². The number of carboxylic acid groups (broad SMARTS) is 1. The lowest BCUT2D eigenvalue weighted by Gasteiger charge is -2.04. The Labute approximate surface area is 159 Å². The molecule has 0 aliphatic carbocycles. The van der Waals surface area contributed by atoms with E-state index in [-0.39, 0.29) is 12.2 Å². The molecule has 0 saturated carbocycles. The lowest BCUT2D eigenvalue weighted by Crippen LogP contribution is -2.06. The topological polar surface area (TPSA) is 119 Å². The molecule has 1 heterocycles. The van der Waals surface area contributed by atoms with Crippen molar-refractivity contribution in [3.8, 4) is 22.7 Å². The van der Waals surface area contributed by atoms with Gasteiger partial charge in [0.15, 0.2) is 0 Å². The van der Waals surface area contributed by atoms with Crippen LogP contribution in [-0.2, 0) is 21.6 Å². The quantitative estimate of drug-likeness (QED) is 0.601. The average Bonchev–Trinajstić information content (AvgIpc) is 2.98. The minimum atomic E-state index is -4.61. The van der Waals surface area contributed by atoms with Crippen LogP contribution in [0.15, 0.2) is 54.7 Å². The summed E-state index contributed by atoms with van der Waals surface area (Å²) in [6.45, 7) is 0. The van der Waals surface area contributed by atoms with Crippen LogP contribution in [0.5, 0.6) is 5.75 Å². The summed E-state index contributed by atoms with van der Waals surface area (Å²) >= 11 is 5.89. The predicted octanol–water partition coefficient (Wildman–Crippen LogP) is 3.00. The molecule has 0 aliphatic rings. The molecule has 0 bridgehead atoms. The van der Waals surface area contributed by atoms with Crippen LogP contribution in [0.1, 0.15) is 5.56 Å². The maximum Gasteiger partial charge on any atom is 0.446 e. The first-order valence-electron chi connectivity index (χ1n) is 7.55. The van der Waals surface area contributed by atoms with Crippen molar-refractivity contribution in [1.82, 2.24) is 9.78 Å². The van der Waals surface area contributed by atoms with Gasteiger partial charge in [-0.3, -0.25) is 9.35 Å². The van der Waals surface area contributed by atoms with E-state index in [9.17, 15) is 13.2 Å². The van der Waals surface area contributed by atoms with Crippen LogP contribution in [0.4, 0.5) is 0 Å². The van der Waals surface area contributed by atoms with Crippen molar-refractivity contribution in [3.05, 3.63) is 65.3 Å². The summed E-state index contributed by atoms with van der Waals surface area (Å²) < 4.78 is 36.0. The maximum atomic E-state index is 11.2. The third kappa shape index (κ3) is 4.85. The normalized spacial score (nSPS) is 11.3. The van der Waals surface area contributed by atoms with Crippen molar-refractivity contribution in [2.45, 2.75) is 6.42 Å². The van der Waals surface area contributed by atoms with E-state index in [1.807, 2.05) is 0 Å². The fraction of sp³-hybridized carbons (Fsp3) is 0.0588. The predicted molar refractivity (Wildman–Crippen MR) is 97.5 cm³/mol. The SMILES string of the molecule is O=C(O)Cc1cn(-c2ccc(OS(=O)(=O)O)cc2)nc1-c1ccc(Cl)cc1. The minimum Gasteiger partial charge on any atom is -0.481 e. The third-order valence-corrected chi connectivity index (χ3v) is 4.21. The number of halogens is 1. The van der Waals surface area contributed by atoms with Crippen molar-refractivity contribution in [2.75, 3.05) is 0 Å². The second-order valence-electron chi connectivity index (χ2n) is 5.53. The third-order valence-electron chi connectivity index (χ3n) is 3.55. The van der Waals surface area contributed by atoms with Gasteiger partial charge in [-0.15, -0.1) is 0 Å². The molecule has 0 fully saturated rings. The highest BCUT2D eigenvalue weighted by atomic mass is 35.5. The molecule has 3 rings (SSSR count). The number of benzene rings is 2. The Morgan fingerprint density at radius 1 is 1.11 bits per heavy atom. The van der Waals surface area contributed by atoms with Crippen LogP contribution >= 0.6 is 11.6 Å². The lowest BCUT2D eigenvalue weighted by atomic mass is 10.1. The van der Waals surface area contributed by atoms with Gasteiger partial charge in [-0.1, -0.05) is 23.7 Å². The van der Waals surface area contributed by atoms with E-state index in [4.69, 9.17) is 21.3 Å².